The highest BCUT2D eigenvalue weighted by Crippen LogP contribution is 2.65. The SMILES string of the molecule is CC(=O)Nc1cccc([C@]23CC[C@@H](N(CCN4CC[C@@H](O)C4)C(=O)Nc4ccc(F)c(C(F)(F)F)c4)CC2C3)c1.CC(C)N(CCO)CCN(C(=O)Nc1cc(Cl)nc(Cl)c1)[C@@H]1CC[C@@]2(c3cccc(C#N)c3)CC2C1.CS(=O)(=O)N1CCC(CN(C(=O)Nc2ccc(F)c(Cl)c2)[C@@H]2CC[C@@]3(c4cccc(C#N)c4)CC3C2)CC1. The van der Waals surface area contributed by atoms with Crippen LogP contribution in [0.15, 0.2) is 121 Å². The van der Waals surface area contributed by atoms with E-state index in [9.17, 15) is 70.3 Å². The number of anilines is 4. The third kappa shape index (κ3) is 20.6. The number of β-amino-alcohol motifs (C(OH)–C–C–N with tert-alkyl or cyclic N) is 1. The number of carbonyl (C=O) groups is 4. The molecule has 6 aromatic rings. The van der Waals surface area contributed by atoms with Gasteiger partial charge in [-0.15, -0.1) is 0 Å². The molecule has 3 heterocycles. The Morgan fingerprint density at radius 2 is 1.09 bits per heavy atom. The number of nitriles is 2. The molecule has 1 aromatic heterocycles. The van der Waals surface area contributed by atoms with E-state index in [0.717, 1.165) is 87.9 Å². The van der Waals surface area contributed by atoms with Crippen molar-refractivity contribution >= 4 is 91.6 Å². The molecule has 0 bridgehead atoms. The quantitative estimate of drug-likeness (QED) is 0.0273. The Hall–Kier alpha value is -8.22. The van der Waals surface area contributed by atoms with Gasteiger partial charge in [0.1, 0.15) is 21.9 Å². The van der Waals surface area contributed by atoms with E-state index in [1.54, 1.807) is 17.0 Å². The number of hydrogen-bond acceptors (Lipinski definition) is 13. The van der Waals surface area contributed by atoms with Gasteiger partial charge in [0.2, 0.25) is 15.9 Å². The van der Waals surface area contributed by atoms with Gasteiger partial charge in [-0.25, -0.2) is 40.9 Å². The van der Waals surface area contributed by atoms with Gasteiger partial charge in [0.05, 0.1) is 52.8 Å². The summed E-state index contributed by atoms with van der Waals surface area (Å²) in [4.78, 5) is 65.9. The van der Waals surface area contributed by atoms with Crippen LogP contribution in [0, 0.1) is 58.0 Å². The lowest BCUT2D eigenvalue weighted by atomic mass is 9.79. The number of rotatable bonds is 22. The number of urea groups is 3. The van der Waals surface area contributed by atoms with E-state index in [-0.39, 0.29) is 91.9 Å². The molecule has 7 amide bonds. The Bertz CT molecular complexity index is 4690. The number of aromatic nitrogens is 1. The van der Waals surface area contributed by atoms with Crippen molar-refractivity contribution in [2.75, 3.05) is 99.6 Å². The monoisotopic (exact) mass is 1650 g/mol. The summed E-state index contributed by atoms with van der Waals surface area (Å²) in [5, 5.41) is 49.7. The molecule has 114 heavy (non-hydrogen) atoms. The van der Waals surface area contributed by atoms with Crippen molar-refractivity contribution in [3.63, 3.8) is 0 Å². The second-order valence-electron chi connectivity index (χ2n) is 32.5. The van der Waals surface area contributed by atoms with Gasteiger partial charge in [-0.1, -0.05) is 71.2 Å². The number of likely N-dealkylation sites (tertiary alicyclic amines) is 1. The van der Waals surface area contributed by atoms with Crippen molar-refractivity contribution in [1.82, 2.24) is 33.8 Å². The van der Waals surface area contributed by atoms with Crippen LogP contribution < -0.4 is 21.3 Å². The summed E-state index contributed by atoms with van der Waals surface area (Å²) in [7, 11) is -3.23. The van der Waals surface area contributed by atoms with Crippen LogP contribution in [-0.4, -0.2) is 185 Å². The van der Waals surface area contributed by atoms with Crippen LogP contribution in [0.5, 0.6) is 0 Å². The van der Waals surface area contributed by atoms with Crippen molar-refractivity contribution in [1.29, 1.82) is 10.5 Å². The summed E-state index contributed by atoms with van der Waals surface area (Å²) in [5.74, 6) is -0.617. The number of nitrogens with one attached hydrogen (secondary N) is 4. The fraction of sp³-hybridized carbons (Fsp3) is 0.512. The highest BCUT2D eigenvalue weighted by Gasteiger charge is 2.61. The van der Waals surface area contributed by atoms with Crippen LogP contribution in [0.4, 0.5) is 59.1 Å². The van der Waals surface area contributed by atoms with Crippen LogP contribution in [0.2, 0.25) is 15.3 Å². The number of benzene rings is 5. The molecule has 2 aliphatic heterocycles. The molecule has 6 saturated carbocycles. The maximum Gasteiger partial charge on any atom is 0.419 e. The zero-order valence-electron chi connectivity index (χ0n) is 64.4. The number of pyridine rings is 1. The van der Waals surface area contributed by atoms with Crippen molar-refractivity contribution in [3.8, 4) is 12.1 Å². The number of alkyl halides is 3. The third-order valence-electron chi connectivity index (χ3n) is 25.0. The van der Waals surface area contributed by atoms with Crippen molar-refractivity contribution in [2.45, 2.75) is 170 Å². The summed E-state index contributed by atoms with van der Waals surface area (Å²) in [5.41, 5.74) is 5.33. The van der Waals surface area contributed by atoms with E-state index in [1.807, 2.05) is 64.4 Å². The first-order valence-corrected chi connectivity index (χ1v) is 42.2. The third-order valence-corrected chi connectivity index (χ3v) is 27.0. The summed E-state index contributed by atoms with van der Waals surface area (Å²) in [6, 6.07) is 37.3. The molecule has 6 N–H and O–H groups in total. The minimum atomic E-state index is -4.88. The summed E-state index contributed by atoms with van der Waals surface area (Å²) in [6.45, 7) is 11.1. The average Bonchev–Trinajstić information content (AvgIpc) is 1.57. The molecule has 0 spiro atoms. The summed E-state index contributed by atoms with van der Waals surface area (Å²) < 4.78 is 92.6. The molecule has 6 aliphatic carbocycles. The van der Waals surface area contributed by atoms with Gasteiger partial charge in [0, 0.05) is 119 Å². The number of amides is 7. The lowest BCUT2D eigenvalue weighted by molar-refractivity contribution is -0.140. The maximum absolute atomic E-state index is 13.8. The molecular weight excluding hydrogens is 1550 g/mol. The number of piperidine rings is 1. The highest BCUT2D eigenvalue weighted by atomic mass is 35.5. The Kier molecular flexibility index (Phi) is 27.0. The summed E-state index contributed by atoms with van der Waals surface area (Å²) >= 11 is 18.0. The van der Waals surface area contributed by atoms with Gasteiger partial charge in [0.25, 0.3) is 0 Å². The molecule has 14 rings (SSSR count). The number of hydrogen-bond donors (Lipinski definition) is 6. The summed E-state index contributed by atoms with van der Waals surface area (Å²) in [6.07, 6.45) is 8.86. The first kappa shape index (κ1) is 85.2. The molecule has 2 saturated heterocycles. The Balaban J connectivity index is 0.000000158. The van der Waals surface area contributed by atoms with Crippen molar-refractivity contribution in [3.05, 3.63) is 182 Å². The van der Waals surface area contributed by atoms with Gasteiger partial charge >= 0.3 is 24.3 Å². The zero-order chi connectivity index (χ0) is 81.6. The predicted molar refractivity (Wildman–Crippen MR) is 430 cm³/mol. The van der Waals surface area contributed by atoms with Crippen LogP contribution in [0.25, 0.3) is 0 Å². The maximum atomic E-state index is 13.8. The number of carbonyl (C=O) groups excluding carboxylic acids is 4. The van der Waals surface area contributed by atoms with Gasteiger partial charge in [-0.3, -0.25) is 14.6 Å². The van der Waals surface area contributed by atoms with E-state index in [1.165, 1.54) is 46.8 Å². The normalized spacial score (nSPS) is 24.9. The average molecular weight is 1650 g/mol. The van der Waals surface area contributed by atoms with E-state index < -0.39 is 45.5 Å². The van der Waals surface area contributed by atoms with Crippen molar-refractivity contribution < 1.29 is 59.8 Å². The van der Waals surface area contributed by atoms with Gasteiger partial charge in [-0.2, -0.15) is 23.7 Å². The molecular formula is C84H99Cl3F5N13O8S. The van der Waals surface area contributed by atoms with Gasteiger partial charge < -0.3 is 46.2 Å². The van der Waals surface area contributed by atoms with E-state index in [2.05, 4.69) is 80.2 Å². The molecule has 3 unspecified atom stereocenters. The van der Waals surface area contributed by atoms with E-state index in [0.29, 0.717) is 144 Å². The fourth-order valence-electron chi connectivity index (χ4n) is 18.6. The largest absolute Gasteiger partial charge is 0.419 e. The van der Waals surface area contributed by atoms with Crippen LogP contribution in [-0.2, 0) is 37.2 Å². The number of aliphatic hydroxyl groups is 2. The van der Waals surface area contributed by atoms with Crippen LogP contribution in [0.3, 0.4) is 0 Å². The lowest BCUT2D eigenvalue weighted by Crippen LogP contribution is -2.49. The minimum Gasteiger partial charge on any atom is -0.395 e. The van der Waals surface area contributed by atoms with Crippen LogP contribution >= 0.6 is 34.8 Å². The molecule has 10 atom stereocenters. The Morgan fingerprint density at radius 1 is 0.605 bits per heavy atom. The Labute approximate surface area is 678 Å². The topological polar surface area (TPSA) is 271 Å². The first-order valence-electron chi connectivity index (χ1n) is 39.3. The molecule has 30 heteroatoms. The number of sulfonamides is 1. The molecule has 5 aromatic carbocycles. The molecule has 610 valence electrons. The first-order chi connectivity index (χ1) is 54.3. The fourth-order valence-corrected chi connectivity index (χ4v) is 20.1. The molecule has 8 fully saturated rings. The zero-order valence-corrected chi connectivity index (χ0v) is 67.5. The lowest BCUT2D eigenvalue weighted by Gasteiger charge is -2.40. The Morgan fingerprint density at radius 3 is 1.56 bits per heavy atom. The second kappa shape index (κ2) is 36.1. The predicted octanol–water partition coefficient (Wildman–Crippen LogP) is 15.9. The standard InChI is InChI=1S/C29H34F4N4O3.C28H32ClFN4O3S.C27H33Cl2N5O2/c1-18(38)34-21-4-2-3-19(13-21)28-9-7-23(14-20(28)16-28)37(12-11-36-10-8-24(39)17-36)27(40)35-22-5-6-26(30)25(15-22)29(31,32)33;1-38(36,37)33-11-8-19(9-12-33)18-34(27(35)32-23-5-6-26(30)25(29)15-23)24-7-10-28(16-22(28)14-24)21-4-2-3-20(13-21)17-31;1-18(2)33(10-11-35)8-9-34(26(36)31-22-14-24(28)32-25(29)15-22)23-6-7-27(16-21(27)13-23)20-5-3-4-19(12-20)17-30/h2-6,13,15,20,23-24,39H,7-12,14,16-17H2,1H3,(H,34,38)(H,35,40);2-6,13,15,19,22,24H,7-12,14,16,18H2,1H3,(H,32,35);3-5,12,14-15,18,21,23,35H,6-11,13,16H2,1-2H3,(H,31,32,36)/t20?,23-,24-,28-;22?,24-,28+;21?,23-,27+/m111/s1. The van der Waals surface area contributed by atoms with Crippen LogP contribution in [0.1, 0.15) is 150 Å². The smallest absolute Gasteiger partial charge is 0.395 e. The highest BCUT2D eigenvalue weighted by molar-refractivity contribution is 7.88. The molecule has 0 radical (unpaired) electrons. The van der Waals surface area contributed by atoms with Gasteiger partial charge in [-0.05, 0) is 252 Å². The number of aliphatic hydroxyl groups excluding tert-OH is 2. The molecule has 21 nitrogen and oxygen atoms in total. The van der Waals surface area contributed by atoms with Gasteiger partial charge in [0.15, 0.2) is 0 Å². The molecule has 8 aliphatic rings. The minimum absolute atomic E-state index is 0.00917. The number of fused-ring (bicyclic) bond motifs is 3. The number of halogens is 8. The van der Waals surface area contributed by atoms with Crippen molar-refractivity contribution in [2.24, 2.45) is 23.7 Å². The van der Waals surface area contributed by atoms with E-state index in [4.69, 9.17) is 34.8 Å². The second-order valence-corrected chi connectivity index (χ2v) is 35.6. The number of nitrogens with zero attached hydrogens (tertiary/aromatic N) is 9. The van der Waals surface area contributed by atoms with E-state index >= 15 is 0 Å².